The minimum absolute atomic E-state index is 0.190. The van der Waals surface area contributed by atoms with E-state index in [9.17, 15) is 4.39 Å². The molecule has 1 aliphatic heterocycles. The molecule has 2 heteroatoms. The van der Waals surface area contributed by atoms with E-state index in [1.807, 2.05) is 0 Å². The summed E-state index contributed by atoms with van der Waals surface area (Å²) in [6.45, 7) is 0.788. The van der Waals surface area contributed by atoms with Crippen molar-refractivity contribution in [3.63, 3.8) is 0 Å². The number of hydrogen-bond acceptors (Lipinski definition) is 1. The maximum Gasteiger partial charge on any atom is 0.123 e. The molecule has 0 atom stereocenters. The zero-order valence-electron chi connectivity index (χ0n) is 7.29. The third-order valence-corrected chi connectivity index (χ3v) is 2.07. The lowest BCUT2D eigenvalue weighted by Crippen LogP contribution is -1.91. The average molecular weight is 178 g/mol. The topological polar surface area (TPSA) is 9.23 Å². The van der Waals surface area contributed by atoms with E-state index in [-0.39, 0.29) is 5.82 Å². The highest BCUT2D eigenvalue weighted by atomic mass is 19.1. The molecule has 0 aliphatic carbocycles. The molecule has 1 aromatic carbocycles. The first-order valence-corrected chi connectivity index (χ1v) is 4.41. The molecule has 1 aromatic rings. The van der Waals surface area contributed by atoms with Gasteiger partial charge < -0.3 is 4.74 Å². The molecule has 0 fully saturated rings. The summed E-state index contributed by atoms with van der Waals surface area (Å²) in [7, 11) is 0. The molecule has 1 nitrogen and oxygen atoms in total. The number of ether oxygens (including phenoxy) is 1. The Hall–Kier alpha value is -1.31. The fraction of sp³-hybridized carbons (Fsp3) is 0.273. The van der Waals surface area contributed by atoms with Gasteiger partial charge in [0, 0.05) is 12.8 Å². The Bertz CT molecular complexity index is 313. The lowest BCUT2D eigenvalue weighted by Gasteiger charge is -2.03. The van der Waals surface area contributed by atoms with Crippen LogP contribution in [0.4, 0.5) is 4.39 Å². The van der Waals surface area contributed by atoms with Crippen molar-refractivity contribution in [2.24, 2.45) is 0 Å². The van der Waals surface area contributed by atoms with E-state index < -0.39 is 0 Å². The van der Waals surface area contributed by atoms with Gasteiger partial charge in [0.25, 0.3) is 0 Å². The molecule has 13 heavy (non-hydrogen) atoms. The highest BCUT2D eigenvalue weighted by molar-refractivity contribution is 5.21. The molecule has 0 saturated carbocycles. The summed E-state index contributed by atoms with van der Waals surface area (Å²) in [5, 5.41) is 0. The van der Waals surface area contributed by atoms with Gasteiger partial charge in [-0.2, -0.15) is 0 Å². The Morgan fingerprint density at radius 1 is 1.23 bits per heavy atom. The largest absolute Gasteiger partial charge is 0.498 e. The highest BCUT2D eigenvalue weighted by Crippen LogP contribution is 2.15. The van der Waals surface area contributed by atoms with Crippen molar-refractivity contribution in [1.29, 1.82) is 0 Å². The quantitative estimate of drug-likeness (QED) is 0.676. The Morgan fingerprint density at radius 2 is 2.00 bits per heavy atom. The van der Waals surface area contributed by atoms with E-state index in [1.165, 1.54) is 12.1 Å². The van der Waals surface area contributed by atoms with Crippen LogP contribution >= 0.6 is 0 Å². The van der Waals surface area contributed by atoms with Crippen molar-refractivity contribution in [3.8, 4) is 0 Å². The summed E-state index contributed by atoms with van der Waals surface area (Å²) in [5.74, 6) is 0.816. The second-order valence-electron chi connectivity index (χ2n) is 3.11. The Balaban J connectivity index is 2.05. The second-order valence-corrected chi connectivity index (χ2v) is 3.11. The van der Waals surface area contributed by atoms with Crippen LogP contribution in [0.15, 0.2) is 36.1 Å². The first-order chi connectivity index (χ1) is 6.34. The third kappa shape index (κ3) is 2.08. The van der Waals surface area contributed by atoms with Crippen molar-refractivity contribution in [3.05, 3.63) is 47.5 Å². The summed E-state index contributed by atoms with van der Waals surface area (Å²) in [6.07, 6.45) is 3.86. The van der Waals surface area contributed by atoms with Crippen molar-refractivity contribution < 1.29 is 9.13 Å². The average Bonchev–Trinajstić information content (AvgIpc) is 2.62. The third-order valence-electron chi connectivity index (χ3n) is 2.07. The normalized spacial score (nSPS) is 15.3. The molecule has 0 N–H and O–H groups in total. The zero-order chi connectivity index (χ0) is 9.10. The van der Waals surface area contributed by atoms with E-state index in [2.05, 4.69) is 6.08 Å². The van der Waals surface area contributed by atoms with Crippen LogP contribution in [0.3, 0.4) is 0 Å². The van der Waals surface area contributed by atoms with Gasteiger partial charge in [-0.15, -0.1) is 0 Å². The summed E-state index contributed by atoms with van der Waals surface area (Å²) < 4.78 is 17.9. The standard InChI is InChI=1S/C11H11FO/c12-10-5-3-9(4-6-10)8-11-2-1-7-13-11/h2-6H,1,7-8H2. The monoisotopic (exact) mass is 178 g/mol. The fourth-order valence-corrected chi connectivity index (χ4v) is 1.40. The van der Waals surface area contributed by atoms with E-state index >= 15 is 0 Å². The molecule has 0 saturated heterocycles. The fourth-order valence-electron chi connectivity index (χ4n) is 1.40. The van der Waals surface area contributed by atoms with Gasteiger partial charge in [0.05, 0.1) is 12.4 Å². The summed E-state index contributed by atoms with van der Waals surface area (Å²) in [5.41, 5.74) is 1.09. The SMILES string of the molecule is Fc1ccc(CC2=CCCO2)cc1. The molecular weight excluding hydrogens is 167 g/mol. The highest BCUT2D eigenvalue weighted by Gasteiger charge is 2.05. The Labute approximate surface area is 76.8 Å². The molecule has 0 unspecified atom stereocenters. The summed E-state index contributed by atoms with van der Waals surface area (Å²) >= 11 is 0. The minimum Gasteiger partial charge on any atom is -0.498 e. The van der Waals surface area contributed by atoms with Crippen LogP contribution in [0, 0.1) is 5.82 Å². The van der Waals surface area contributed by atoms with Gasteiger partial charge in [0.1, 0.15) is 5.82 Å². The maximum atomic E-state index is 12.6. The van der Waals surface area contributed by atoms with Gasteiger partial charge in [-0.05, 0) is 23.8 Å². The second kappa shape index (κ2) is 3.60. The van der Waals surface area contributed by atoms with Crippen molar-refractivity contribution in [2.45, 2.75) is 12.8 Å². The molecule has 0 spiro atoms. The lowest BCUT2D eigenvalue weighted by atomic mass is 10.1. The van der Waals surface area contributed by atoms with Gasteiger partial charge in [-0.1, -0.05) is 12.1 Å². The van der Waals surface area contributed by atoms with E-state index in [0.29, 0.717) is 0 Å². The molecule has 1 aliphatic rings. The minimum atomic E-state index is -0.190. The van der Waals surface area contributed by atoms with Crippen LogP contribution in [0.2, 0.25) is 0 Å². The summed E-state index contributed by atoms with van der Waals surface area (Å²) in [6, 6.07) is 6.53. The zero-order valence-corrected chi connectivity index (χ0v) is 7.29. The lowest BCUT2D eigenvalue weighted by molar-refractivity contribution is 0.239. The van der Waals surface area contributed by atoms with E-state index in [0.717, 1.165) is 30.8 Å². The van der Waals surface area contributed by atoms with Crippen molar-refractivity contribution >= 4 is 0 Å². The molecule has 0 radical (unpaired) electrons. The molecule has 2 rings (SSSR count). The Kier molecular flexibility index (Phi) is 2.30. The Morgan fingerprint density at radius 3 is 2.62 bits per heavy atom. The first kappa shape index (κ1) is 8.30. The van der Waals surface area contributed by atoms with E-state index in [4.69, 9.17) is 4.74 Å². The number of halogens is 1. The van der Waals surface area contributed by atoms with Crippen LogP contribution in [-0.4, -0.2) is 6.61 Å². The molecule has 0 aromatic heterocycles. The maximum absolute atomic E-state index is 12.6. The van der Waals surface area contributed by atoms with Gasteiger partial charge in [-0.3, -0.25) is 0 Å². The first-order valence-electron chi connectivity index (χ1n) is 4.41. The number of rotatable bonds is 2. The van der Waals surface area contributed by atoms with Crippen molar-refractivity contribution in [1.82, 2.24) is 0 Å². The smallest absolute Gasteiger partial charge is 0.123 e. The molecular formula is C11H11FO. The molecule has 1 heterocycles. The van der Waals surface area contributed by atoms with Gasteiger partial charge >= 0.3 is 0 Å². The van der Waals surface area contributed by atoms with Gasteiger partial charge in [0.2, 0.25) is 0 Å². The van der Waals surface area contributed by atoms with E-state index in [1.54, 1.807) is 12.1 Å². The number of allylic oxidation sites excluding steroid dienone is 1. The summed E-state index contributed by atoms with van der Waals surface area (Å²) in [4.78, 5) is 0. The molecule has 0 amide bonds. The van der Waals surface area contributed by atoms with Crippen LogP contribution < -0.4 is 0 Å². The van der Waals surface area contributed by atoms with Crippen LogP contribution in [0.5, 0.6) is 0 Å². The number of hydrogen-bond donors (Lipinski definition) is 0. The van der Waals surface area contributed by atoms with Gasteiger partial charge in [-0.25, -0.2) is 4.39 Å². The van der Waals surface area contributed by atoms with Gasteiger partial charge in [0.15, 0.2) is 0 Å². The van der Waals surface area contributed by atoms with Crippen LogP contribution in [-0.2, 0) is 11.2 Å². The molecule has 68 valence electrons. The predicted octanol–water partition coefficient (Wildman–Crippen LogP) is 2.67. The van der Waals surface area contributed by atoms with Crippen molar-refractivity contribution in [2.75, 3.05) is 6.61 Å². The number of benzene rings is 1. The molecule has 0 bridgehead atoms. The van der Waals surface area contributed by atoms with Crippen LogP contribution in [0.25, 0.3) is 0 Å². The predicted molar refractivity (Wildman–Crippen MR) is 48.8 cm³/mol. The van der Waals surface area contributed by atoms with Crippen LogP contribution in [0.1, 0.15) is 12.0 Å².